The summed E-state index contributed by atoms with van der Waals surface area (Å²) in [5.41, 5.74) is 1.90. The van der Waals surface area contributed by atoms with E-state index in [0.29, 0.717) is 12.2 Å². The quantitative estimate of drug-likeness (QED) is 0.791. The van der Waals surface area contributed by atoms with Crippen LogP contribution >= 0.6 is 0 Å². The largest absolute Gasteiger partial charge is 0.456 e. The van der Waals surface area contributed by atoms with Crippen LogP contribution in [0, 0.1) is 0 Å². The predicted molar refractivity (Wildman–Crippen MR) is 94.5 cm³/mol. The van der Waals surface area contributed by atoms with Gasteiger partial charge in [-0.1, -0.05) is 0 Å². The first-order valence-electron chi connectivity index (χ1n) is 8.32. The maximum Gasteiger partial charge on any atom is 0.339 e. The second-order valence-corrected chi connectivity index (χ2v) is 7.19. The molecule has 1 fully saturated rings. The lowest BCUT2D eigenvalue weighted by molar-refractivity contribution is 0.00717. The molecule has 1 unspecified atom stereocenters. The molecule has 0 N–H and O–H groups in total. The number of ether oxygens (including phenoxy) is 2. The third-order valence-electron chi connectivity index (χ3n) is 3.95. The van der Waals surface area contributed by atoms with Gasteiger partial charge in [0.25, 0.3) is 0 Å². The summed E-state index contributed by atoms with van der Waals surface area (Å²) in [6, 6.07) is 7.76. The molecule has 24 heavy (non-hydrogen) atoms. The zero-order valence-electron chi connectivity index (χ0n) is 14.7. The van der Waals surface area contributed by atoms with E-state index in [2.05, 4.69) is 16.8 Å². The summed E-state index contributed by atoms with van der Waals surface area (Å²) in [5, 5.41) is 0.823. The molecule has 0 aliphatic carbocycles. The number of hydrogen-bond acceptors (Lipinski definition) is 5. The lowest BCUT2D eigenvalue weighted by Gasteiger charge is -2.33. The standard InChI is InChI=1S/C19H24N2O3/c1-13-12-21(9-10-23-13)14-5-6-17-16(11-14)15(7-8-20-17)18(22)24-19(2,3)4/h5-8,11,13H,9-10,12H2,1-4H3. The van der Waals surface area contributed by atoms with Crippen LogP contribution in [0.3, 0.4) is 0 Å². The molecule has 1 aliphatic rings. The van der Waals surface area contributed by atoms with Gasteiger partial charge in [0.1, 0.15) is 5.60 Å². The van der Waals surface area contributed by atoms with Crippen molar-refractivity contribution in [1.82, 2.24) is 4.98 Å². The Morgan fingerprint density at radius 3 is 2.83 bits per heavy atom. The number of morpholine rings is 1. The Kier molecular flexibility index (Phi) is 4.45. The molecule has 0 amide bonds. The smallest absolute Gasteiger partial charge is 0.339 e. The molecule has 128 valence electrons. The number of fused-ring (bicyclic) bond motifs is 1. The summed E-state index contributed by atoms with van der Waals surface area (Å²) >= 11 is 0. The molecule has 1 saturated heterocycles. The van der Waals surface area contributed by atoms with Crippen LogP contribution in [0.4, 0.5) is 5.69 Å². The first-order valence-corrected chi connectivity index (χ1v) is 8.32. The van der Waals surface area contributed by atoms with Crippen LogP contribution in [-0.2, 0) is 9.47 Å². The van der Waals surface area contributed by atoms with Crippen LogP contribution in [0.2, 0.25) is 0 Å². The number of benzene rings is 1. The molecule has 1 atom stereocenters. The summed E-state index contributed by atoms with van der Waals surface area (Å²) in [4.78, 5) is 19.2. The third kappa shape index (κ3) is 3.67. The minimum atomic E-state index is -0.524. The van der Waals surface area contributed by atoms with Gasteiger partial charge in [-0.3, -0.25) is 4.98 Å². The van der Waals surface area contributed by atoms with Gasteiger partial charge in [0.15, 0.2) is 0 Å². The normalized spacial score (nSPS) is 18.7. The van der Waals surface area contributed by atoms with Gasteiger partial charge < -0.3 is 14.4 Å². The van der Waals surface area contributed by atoms with Crippen molar-refractivity contribution in [3.63, 3.8) is 0 Å². The summed E-state index contributed by atoms with van der Waals surface area (Å²) in [6.45, 7) is 10.1. The minimum absolute atomic E-state index is 0.202. The Morgan fingerprint density at radius 2 is 2.12 bits per heavy atom. The fraction of sp³-hybridized carbons (Fsp3) is 0.474. The number of esters is 1. The van der Waals surface area contributed by atoms with E-state index in [1.807, 2.05) is 39.0 Å². The number of nitrogens with zero attached hydrogens (tertiary/aromatic N) is 2. The number of aromatic nitrogens is 1. The van der Waals surface area contributed by atoms with Gasteiger partial charge in [0, 0.05) is 30.4 Å². The topological polar surface area (TPSA) is 51.7 Å². The van der Waals surface area contributed by atoms with Crippen LogP contribution in [0.5, 0.6) is 0 Å². The van der Waals surface area contributed by atoms with Crippen molar-refractivity contribution in [1.29, 1.82) is 0 Å². The van der Waals surface area contributed by atoms with Crippen LogP contribution in [0.25, 0.3) is 10.9 Å². The Balaban J connectivity index is 1.98. The van der Waals surface area contributed by atoms with Crippen molar-refractivity contribution in [2.45, 2.75) is 39.4 Å². The number of hydrogen-bond donors (Lipinski definition) is 0. The molecule has 0 spiro atoms. The highest BCUT2D eigenvalue weighted by Gasteiger charge is 2.21. The van der Waals surface area contributed by atoms with Crippen molar-refractivity contribution in [3.05, 3.63) is 36.0 Å². The molecule has 2 aromatic rings. The van der Waals surface area contributed by atoms with E-state index < -0.39 is 5.60 Å². The van der Waals surface area contributed by atoms with Crippen LogP contribution in [0.15, 0.2) is 30.5 Å². The van der Waals surface area contributed by atoms with E-state index >= 15 is 0 Å². The molecule has 5 nitrogen and oxygen atoms in total. The monoisotopic (exact) mass is 328 g/mol. The maximum atomic E-state index is 12.5. The fourth-order valence-corrected chi connectivity index (χ4v) is 2.89. The van der Waals surface area contributed by atoms with E-state index in [4.69, 9.17) is 9.47 Å². The van der Waals surface area contributed by atoms with E-state index in [0.717, 1.165) is 29.7 Å². The van der Waals surface area contributed by atoms with E-state index in [9.17, 15) is 4.79 Å². The van der Waals surface area contributed by atoms with Crippen molar-refractivity contribution < 1.29 is 14.3 Å². The van der Waals surface area contributed by atoms with E-state index in [1.165, 1.54) is 0 Å². The second kappa shape index (κ2) is 6.40. The highest BCUT2D eigenvalue weighted by molar-refractivity contribution is 6.04. The summed E-state index contributed by atoms with van der Waals surface area (Å²) in [5.74, 6) is -0.317. The van der Waals surface area contributed by atoms with E-state index in [-0.39, 0.29) is 12.1 Å². The molecular weight excluding hydrogens is 304 g/mol. The number of rotatable bonds is 2. The number of carbonyl (C=O) groups is 1. The average molecular weight is 328 g/mol. The van der Waals surface area contributed by atoms with Crippen LogP contribution < -0.4 is 4.90 Å². The van der Waals surface area contributed by atoms with Crippen molar-refractivity contribution in [2.24, 2.45) is 0 Å². The Hall–Kier alpha value is -2.14. The summed E-state index contributed by atoms with van der Waals surface area (Å²) in [6.07, 6.45) is 1.85. The molecule has 0 radical (unpaired) electrons. The first kappa shape index (κ1) is 16.7. The van der Waals surface area contributed by atoms with Gasteiger partial charge in [-0.2, -0.15) is 0 Å². The molecule has 0 bridgehead atoms. The first-order chi connectivity index (χ1) is 11.3. The Bertz CT molecular complexity index is 752. The van der Waals surface area contributed by atoms with Crippen molar-refractivity contribution >= 4 is 22.6 Å². The number of anilines is 1. The highest BCUT2D eigenvalue weighted by atomic mass is 16.6. The van der Waals surface area contributed by atoms with E-state index in [1.54, 1.807) is 12.3 Å². The number of pyridine rings is 1. The lowest BCUT2D eigenvalue weighted by atomic mass is 10.1. The van der Waals surface area contributed by atoms with Gasteiger partial charge in [-0.25, -0.2) is 4.79 Å². The van der Waals surface area contributed by atoms with Gasteiger partial charge in [0.2, 0.25) is 0 Å². The molecule has 1 aliphatic heterocycles. The third-order valence-corrected chi connectivity index (χ3v) is 3.95. The minimum Gasteiger partial charge on any atom is -0.456 e. The SMILES string of the molecule is CC1CN(c2ccc3nccc(C(=O)OC(C)(C)C)c3c2)CCO1. The van der Waals surface area contributed by atoms with Gasteiger partial charge >= 0.3 is 5.97 Å². The van der Waals surface area contributed by atoms with Gasteiger partial charge in [-0.05, 0) is 52.0 Å². The summed E-state index contributed by atoms with van der Waals surface area (Å²) in [7, 11) is 0. The van der Waals surface area contributed by atoms with Crippen molar-refractivity contribution in [3.8, 4) is 0 Å². The van der Waals surface area contributed by atoms with Crippen molar-refractivity contribution in [2.75, 3.05) is 24.6 Å². The fourth-order valence-electron chi connectivity index (χ4n) is 2.89. The average Bonchev–Trinajstić information content (AvgIpc) is 2.52. The highest BCUT2D eigenvalue weighted by Crippen LogP contribution is 2.26. The lowest BCUT2D eigenvalue weighted by Crippen LogP contribution is -2.41. The Morgan fingerprint density at radius 1 is 1.33 bits per heavy atom. The van der Waals surface area contributed by atoms with Crippen LogP contribution in [0.1, 0.15) is 38.1 Å². The predicted octanol–water partition coefficient (Wildman–Crippen LogP) is 3.42. The van der Waals surface area contributed by atoms with Crippen LogP contribution in [-0.4, -0.2) is 42.4 Å². The molecule has 0 saturated carbocycles. The molecular formula is C19H24N2O3. The zero-order valence-corrected chi connectivity index (χ0v) is 14.7. The number of carbonyl (C=O) groups excluding carboxylic acids is 1. The molecule has 2 heterocycles. The van der Waals surface area contributed by atoms with Gasteiger partial charge in [-0.15, -0.1) is 0 Å². The zero-order chi connectivity index (χ0) is 17.3. The Labute approximate surface area is 142 Å². The molecule has 1 aromatic heterocycles. The second-order valence-electron chi connectivity index (χ2n) is 7.19. The maximum absolute atomic E-state index is 12.5. The molecule has 3 rings (SSSR count). The van der Waals surface area contributed by atoms with Gasteiger partial charge in [0.05, 0.1) is 23.8 Å². The molecule has 5 heteroatoms. The summed E-state index contributed by atoms with van der Waals surface area (Å²) < 4.78 is 11.1. The molecule has 1 aromatic carbocycles.